The van der Waals surface area contributed by atoms with Crippen LogP contribution >= 0.6 is 0 Å². The normalized spacial score (nSPS) is 19.6. The van der Waals surface area contributed by atoms with E-state index in [-0.39, 0.29) is 29.9 Å². The highest BCUT2D eigenvalue weighted by molar-refractivity contribution is 5.86. The summed E-state index contributed by atoms with van der Waals surface area (Å²) in [4.78, 5) is 30.4. The molecule has 2 saturated heterocycles. The Balaban J connectivity index is 1.36. The molecule has 1 spiro atoms. The quantitative estimate of drug-likeness (QED) is 0.588. The van der Waals surface area contributed by atoms with Crippen molar-refractivity contribution in [2.75, 3.05) is 33.4 Å². The highest BCUT2D eigenvalue weighted by Crippen LogP contribution is 2.45. The standard InChI is InChI=1S/C28H36N2O4/c1-21(2)19-30-23(17-22-7-5-4-6-8-22)18-28(27(30)32)13-15-29(16-14-28)26(31)20-34-25-11-9-24(33-3)10-12-25/h4-12,21,23H,13-20H2,1-3H3/t23-/m1/s1. The molecule has 0 saturated carbocycles. The van der Waals surface area contributed by atoms with Crippen LogP contribution in [0.25, 0.3) is 0 Å². The Bertz CT molecular complexity index is 966. The van der Waals surface area contributed by atoms with Crippen molar-refractivity contribution < 1.29 is 19.1 Å². The fourth-order valence-electron chi connectivity index (χ4n) is 5.32. The SMILES string of the molecule is COc1ccc(OCC(=O)N2CCC3(CC2)C[C@@H](Cc2ccccc2)N(CC(C)C)C3=O)cc1. The third-order valence-electron chi connectivity index (χ3n) is 7.15. The molecule has 2 amide bonds. The molecule has 2 aliphatic heterocycles. The first-order valence-corrected chi connectivity index (χ1v) is 12.3. The minimum absolute atomic E-state index is 0.00335. The van der Waals surface area contributed by atoms with Gasteiger partial charge in [0.2, 0.25) is 5.91 Å². The minimum Gasteiger partial charge on any atom is -0.497 e. The molecule has 2 aliphatic rings. The number of amides is 2. The van der Waals surface area contributed by atoms with Gasteiger partial charge in [-0.15, -0.1) is 0 Å². The first-order valence-electron chi connectivity index (χ1n) is 12.3. The van der Waals surface area contributed by atoms with Crippen molar-refractivity contribution in [3.8, 4) is 11.5 Å². The summed E-state index contributed by atoms with van der Waals surface area (Å²) in [5, 5.41) is 0. The van der Waals surface area contributed by atoms with Gasteiger partial charge < -0.3 is 19.3 Å². The molecule has 0 bridgehead atoms. The number of likely N-dealkylation sites (tertiary alicyclic amines) is 2. The molecule has 2 aromatic carbocycles. The Morgan fingerprint density at radius 3 is 2.29 bits per heavy atom. The molecular weight excluding hydrogens is 428 g/mol. The van der Waals surface area contributed by atoms with Crippen molar-refractivity contribution in [3.05, 3.63) is 60.2 Å². The fourth-order valence-corrected chi connectivity index (χ4v) is 5.32. The maximum atomic E-state index is 13.6. The van der Waals surface area contributed by atoms with E-state index >= 15 is 0 Å². The van der Waals surface area contributed by atoms with E-state index in [1.807, 2.05) is 23.1 Å². The number of piperidine rings is 1. The number of methoxy groups -OCH3 is 1. The minimum atomic E-state index is -0.345. The topological polar surface area (TPSA) is 59.1 Å². The maximum Gasteiger partial charge on any atom is 0.260 e. The first-order chi connectivity index (χ1) is 16.4. The largest absolute Gasteiger partial charge is 0.497 e. The molecule has 2 fully saturated rings. The molecule has 4 rings (SSSR count). The summed E-state index contributed by atoms with van der Waals surface area (Å²) in [6.07, 6.45) is 3.21. The molecule has 34 heavy (non-hydrogen) atoms. The lowest BCUT2D eigenvalue weighted by atomic mass is 9.75. The van der Waals surface area contributed by atoms with Gasteiger partial charge in [-0.2, -0.15) is 0 Å². The second kappa shape index (κ2) is 10.5. The average molecular weight is 465 g/mol. The first kappa shape index (κ1) is 24.1. The summed E-state index contributed by atoms with van der Waals surface area (Å²) in [6.45, 7) is 6.33. The van der Waals surface area contributed by atoms with Gasteiger partial charge in [0.15, 0.2) is 6.61 Å². The summed E-state index contributed by atoms with van der Waals surface area (Å²) >= 11 is 0. The Kier molecular flexibility index (Phi) is 7.44. The summed E-state index contributed by atoms with van der Waals surface area (Å²) in [5.74, 6) is 2.06. The van der Waals surface area contributed by atoms with Crippen molar-refractivity contribution in [2.45, 2.75) is 45.6 Å². The van der Waals surface area contributed by atoms with Crippen LogP contribution in [0.5, 0.6) is 11.5 Å². The lowest BCUT2D eigenvalue weighted by Gasteiger charge is -2.38. The second-order valence-corrected chi connectivity index (χ2v) is 10.0. The smallest absolute Gasteiger partial charge is 0.260 e. The number of ether oxygens (including phenoxy) is 2. The van der Waals surface area contributed by atoms with Crippen LogP contribution < -0.4 is 9.47 Å². The van der Waals surface area contributed by atoms with Crippen LogP contribution in [0.4, 0.5) is 0 Å². The average Bonchev–Trinajstić information content (AvgIpc) is 3.08. The van der Waals surface area contributed by atoms with E-state index in [1.165, 1.54) is 5.56 Å². The molecule has 182 valence electrons. The van der Waals surface area contributed by atoms with E-state index in [0.717, 1.165) is 38.0 Å². The zero-order valence-electron chi connectivity index (χ0n) is 20.5. The predicted molar refractivity (Wildman–Crippen MR) is 132 cm³/mol. The van der Waals surface area contributed by atoms with Crippen LogP contribution in [-0.2, 0) is 16.0 Å². The van der Waals surface area contributed by atoms with Gasteiger partial charge >= 0.3 is 0 Å². The van der Waals surface area contributed by atoms with Crippen molar-refractivity contribution in [2.24, 2.45) is 11.3 Å². The van der Waals surface area contributed by atoms with Gasteiger partial charge in [-0.05, 0) is 61.4 Å². The van der Waals surface area contributed by atoms with Gasteiger partial charge in [-0.25, -0.2) is 0 Å². The van der Waals surface area contributed by atoms with Crippen LogP contribution in [0.2, 0.25) is 0 Å². The van der Waals surface area contributed by atoms with E-state index in [4.69, 9.17) is 9.47 Å². The fraction of sp³-hybridized carbons (Fsp3) is 0.500. The molecule has 2 aromatic rings. The third kappa shape index (κ3) is 5.37. The number of rotatable bonds is 8. The summed E-state index contributed by atoms with van der Waals surface area (Å²) in [7, 11) is 1.61. The van der Waals surface area contributed by atoms with Crippen molar-refractivity contribution >= 4 is 11.8 Å². The van der Waals surface area contributed by atoms with Gasteiger partial charge in [-0.1, -0.05) is 44.2 Å². The third-order valence-corrected chi connectivity index (χ3v) is 7.15. The molecule has 0 aromatic heterocycles. The molecule has 6 heteroatoms. The van der Waals surface area contributed by atoms with E-state index in [2.05, 4.69) is 43.0 Å². The van der Waals surface area contributed by atoms with Crippen LogP contribution in [0.3, 0.4) is 0 Å². The van der Waals surface area contributed by atoms with E-state index in [9.17, 15) is 9.59 Å². The van der Waals surface area contributed by atoms with Gasteiger partial charge in [0.1, 0.15) is 11.5 Å². The number of carbonyl (C=O) groups is 2. The van der Waals surface area contributed by atoms with Gasteiger partial charge in [0, 0.05) is 25.7 Å². The van der Waals surface area contributed by atoms with Crippen molar-refractivity contribution in [3.63, 3.8) is 0 Å². The van der Waals surface area contributed by atoms with Crippen LogP contribution in [0, 0.1) is 11.3 Å². The molecule has 0 unspecified atom stereocenters. The highest BCUT2D eigenvalue weighted by atomic mass is 16.5. The Morgan fingerprint density at radius 1 is 1.03 bits per heavy atom. The maximum absolute atomic E-state index is 13.6. The summed E-state index contributed by atoms with van der Waals surface area (Å²) in [6, 6.07) is 17.9. The predicted octanol–water partition coefficient (Wildman–Crippen LogP) is 4.18. The summed E-state index contributed by atoms with van der Waals surface area (Å²) < 4.78 is 10.8. The van der Waals surface area contributed by atoms with E-state index in [1.54, 1.807) is 19.2 Å². The van der Waals surface area contributed by atoms with Gasteiger partial charge in [-0.3, -0.25) is 9.59 Å². The number of nitrogens with zero attached hydrogens (tertiary/aromatic N) is 2. The van der Waals surface area contributed by atoms with Gasteiger partial charge in [0.05, 0.1) is 12.5 Å². The molecule has 2 heterocycles. The Labute approximate surface area is 202 Å². The lowest BCUT2D eigenvalue weighted by molar-refractivity contribution is -0.144. The zero-order valence-corrected chi connectivity index (χ0v) is 20.5. The molecule has 1 atom stereocenters. The molecule has 0 N–H and O–H groups in total. The van der Waals surface area contributed by atoms with E-state index < -0.39 is 0 Å². The van der Waals surface area contributed by atoms with E-state index in [0.29, 0.717) is 24.8 Å². The van der Waals surface area contributed by atoms with Crippen LogP contribution in [0.1, 0.15) is 38.7 Å². The summed E-state index contributed by atoms with van der Waals surface area (Å²) in [5.41, 5.74) is 0.927. The van der Waals surface area contributed by atoms with Crippen LogP contribution in [-0.4, -0.2) is 61.0 Å². The monoisotopic (exact) mass is 464 g/mol. The molecular formula is C28H36N2O4. The molecule has 0 radical (unpaired) electrons. The molecule has 0 aliphatic carbocycles. The Morgan fingerprint density at radius 2 is 1.68 bits per heavy atom. The zero-order chi connectivity index (χ0) is 24.1. The Hall–Kier alpha value is -3.02. The number of benzene rings is 2. The molecule has 6 nitrogen and oxygen atoms in total. The van der Waals surface area contributed by atoms with Crippen molar-refractivity contribution in [1.82, 2.24) is 9.80 Å². The lowest BCUT2D eigenvalue weighted by Crippen LogP contribution is -2.48. The second-order valence-electron chi connectivity index (χ2n) is 10.0. The van der Waals surface area contributed by atoms with Crippen LogP contribution in [0.15, 0.2) is 54.6 Å². The van der Waals surface area contributed by atoms with Gasteiger partial charge in [0.25, 0.3) is 5.91 Å². The number of hydrogen-bond acceptors (Lipinski definition) is 4. The highest BCUT2D eigenvalue weighted by Gasteiger charge is 2.52. The van der Waals surface area contributed by atoms with Crippen molar-refractivity contribution in [1.29, 1.82) is 0 Å². The number of carbonyl (C=O) groups excluding carboxylic acids is 2. The number of hydrogen-bond donors (Lipinski definition) is 0.